The van der Waals surface area contributed by atoms with Crippen LogP contribution in [0.15, 0.2) is 55.4 Å². The highest BCUT2D eigenvalue weighted by Crippen LogP contribution is 2.21. The molecular weight excluding hydrogens is 226 g/mol. The monoisotopic (exact) mass is 237 g/mol. The molecule has 3 heterocycles. The molecule has 88 valence electrons. The van der Waals surface area contributed by atoms with E-state index in [0.717, 1.165) is 16.9 Å². The highest BCUT2D eigenvalue weighted by molar-refractivity contribution is 5.61. The van der Waals surface area contributed by atoms with Gasteiger partial charge in [0.25, 0.3) is 0 Å². The Morgan fingerprint density at radius 1 is 0.944 bits per heavy atom. The SMILES string of the molecule is Nc1ccc(-n2cncc2-c2ccncc2)cn1. The Bertz CT molecular complexity index is 643. The van der Waals surface area contributed by atoms with Crippen LogP contribution in [0.5, 0.6) is 0 Å². The van der Waals surface area contributed by atoms with Gasteiger partial charge in [-0.25, -0.2) is 9.97 Å². The summed E-state index contributed by atoms with van der Waals surface area (Å²) in [6.45, 7) is 0. The molecule has 5 nitrogen and oxygen atoms in total. The van der Waals surface area contributed by atoms with Gasteiger partial charge >= 0.3 is 0 Å². The minimum absolute atomic E-state index is 0.504. The van der Waals surface area contributed by atoms with Crippen molar-refractivity contribution < 1.29 is 0 Å². The van der Waals surface area contributed by atoms with E-state index in [0.29, 0.717) is 5.82 Å². The Morgan fingerprint density at radius 3 is 2.50 bits per heavy atom. The van der Waals surface area contributed by atoms with E-state index in [4.69, 9.17) is 5.73 Å². The van der Waals surface area contributed by atoms with Crippen molar-refractivity contribution in [1.29, 1.82) is 0 Å². The van der Waals surface area contributed by atoms with Gasteiger partial charge in [0.15, 0.2) is 0 Å². The van der Waals surface area contributed by atoms with Gasteiger partial charge < -0.3 is 5.73 Å². The van der Waals surface area contributed by atoms with Crippen molar-refractivity contribution in [2.45, 2.75) is 0 Å². The highest BCUT2D eigenvalue weighted by Gasteiger charge is 2.06. The van der Waals surface area contributed by atoms with Gasteiger partial charge in [0, 0.05) is 18.0 Å². The first kappa shape index (κ1) is 10.5. The average Bonchev–Trinajstić information content (AvgIpc) is 2.90. The number of rotatable bonds is 2. The number of nitrogens with two attached hydrogens (primary N) is 1. The van der Waals surface area contributed by atoms with Crippen LogP contribution in [0, 0.1) is 0 Å². The van der Waals surface area contributed by atoms with Gasteiger partial charge in [0.2, 0.25) is 0 Å². The lowest BCUT2D eigenvalue weighted by Gasteiger charge is -2.07. The maximum absolute atomic E-state index is 5.58. The van der Waals surface area contributed by atoms with Gasteiger partial charge in [0.1, 0.15) is 5.82 Å². The van der Waals surface area contributed by atoms with E-state index in [1.807, 2.05) is 29.0 Å². The van der Waals surface area contributed by atoms with E-state index in [9.17, 15) is 0 Å². The van der Waals surface area contributed by atoms with Crippen LogP contribution in [-0.2, 0) is 0 Å². The molecule has 0 saturated heterocycles. The average molecular weight is 237 g/mol. The second kappa shape index (κ2) is 4.29. The molecule has 0 saturated carbocycles. The molecule has 0 fully saturated rings. The van der Waals surface area contributed by atoms with Crippen LogP contribution in [0.2, 0.25) is 0 Å². The number of nitrogens with zero attached hydrogens (tertiary/aromatic N) is 4. The Labute approximate surface area is 104 Å². The molecule has 0 spiro atoms. The van der Waals surface area contributed by atoms with Crippen molar-refractivity contribution in [3.05, 3.63) is 55.4 Å². The zero-order valence-electron chi connectivity index (χ0n) is 9.56. The molecular formula is C13H11N5. The number of nitrogen functional groups attached to an aromatic ring is 1. The van der Waals surface area contributed by atoms with Crippen molar-refractivity contribution in [2.75, 3.05) is 5.73 Å². The zero-order valence-corrected chi connectivity index (χ0v) is 9.56. The predicted octanol–water partition coefficient (Wildman–Crippen LogP) is 1.91. The predicted molar refractivity (Wildman–Crippen MR) is 69.0 cm³/mol. The summed E-state index contributed by atoms with van der Waals surface area (Å²) in [5, 5.41) is 0. The molecule has 5 heteroatoms. The molecule has 0 aliphatic carbocycles. The minimum Gasteiger partial charge on any atom is -0.384 e. The van der Waals surface area contributed by atoms with Gasteiger partial charge in [-0.2, -0.15) is 0 Å². The molecule has 18 heavy (non-hydrogen) atoms. The summed E-state index contributed by atoms with van der Waals surface area (Å²) in [5.74, 6) is 0.504. The Hall–Kier alpha value is -2.69. The van der Waals surface area contributed by atoms with Crippen LogP contribution in [0.25, 0.3) is 16.9 Å². The summed E-state index contributed by atoms with van der Waals surface area (Å²) < 4.78 is 1.96. The fraction of sp³-hybridized carbons (Fsp3) is 0. The van der Waals surface area contributed by atoms with E-state index in [1.54, 1.807) is 31.0 Å². The summed E-state index contributed by atoms with van der Waals surface area (Å²) in [6.07, 6.45) is 8.80. The first-order valence-corrected chi connectivity index (χ1v) is 5.49. The molecule has 0 bridgehead atoms. The summed E-state index contributed by atoms with van der Waals surface area (Å²) in [7, 11) is 0. The number of anilines is 1. The summed E-state index contributed by atoms with van der Waals surface area (Å²) in [6, 6.07) is 7.57. The van der Waals surface area contributed by atoms with E-state index in [1.165, 1.54) is 0 Å². The molecule has 0 unspecified atom stereocenters. The number of pyridine rings is 2. The number of hydrogen-bond acceptors (Lipinski definition) is 4. The third kappa shape index (κ3) is 1.82. The largest absolute Gasteiger partial charge is 0.384 e. The van der Waals surface area contributed by atoms with Crippen molar-refractivity contribution in [3.63, 3.8) is 0 Å². The smallest absolute Gasteiger partial charge is 0.123 e. The number of imidazole rings is 1. The zero-order chi connectivity index (χ0) is 12.4. The second-order valence-electron chi connectivity index (χ2n) is 3.83. The third-order valence-electron chi connectivity index (χ3n) is 2.66. The lowest BCUT2D eigenvalue weighted by Crippen LogP contribution is -1.97. The van der Waals surface area contributed by atoms with Crippen molar-refractivity contribution >= 4 is 5.82 Å². The normalized spacial score (nSPS) is 10.4. The van der Waals surface area contributed by atoms with Gasteiger partial charge in [-0.05, 0) is 24.3 Å². The molecule has 0 atom stereocenters. The van der Waals surface area contributed by atoms with E-state index in [-0.39, 0.29) is 0 Å². The van der Waals surface area contributed by atoms with Crippen LogP contribution >= 0.6 is 0 Å². The molecule has 0 aliphatic rings. The fourth-order valence-corrected chi connectivity index (χ4v) is 1.78. The van der Waals surface area contributed by atoms with E-state index >= 15 is 0 Å². The molecule has 2 N–H and O–H groups in total. The van der Waals surface area contributed by atoms with Crippen molar-refractivity contribution in [3.8, 4) is 16.9 Å². The maximum Gasteiger partial charge on any atom is 0.123 e. The van der Waals surface area contributed by atoms with Crippen molar-refractivity contribution in [1.82, 2.24) is 19.5 Å². The van der Waals surface area contributed by atoms with Gasteiger partial charge in [-0.15, -0.1) is 0 Å². The molecule has 0 aromatic carbocycles. The van der Waals surface area contributed by atoms with Crippen LogP contribution in [0.4, 0.5) is 5.82 Å². The first-order chi connectivity index (χ1) is 8.84. The fourth-order valence-electron chi connectivity index (χ4n) is 1.78. The maximum atomic E-state index is 5.58. The number of aromatic nitrogens is 4. The summed E-state index contributed by atoms with van der Waals surface area (Å²) in [4.78, 5) is 12.3. The van der Waals surface area contributed by atoms with Crippen LogP contribution in [0.3, 0.4) is 0 Å². The minimum atomic E-state index is 0.504. The lowest BCUT2D eigenvalue weighted by molar-refractivity contribution is 1.05. The quantitative estimate of drug-likeness (QED) is 0.739. The molecule has 0 aliphatic heterocycles. The number of hydrogen-bond donors (Lipinski definition) is 1. The second-order valence-corrected chi connectivity index (χ2v) is 3.83. The van der Waals surface area contributed by atoms with Gasteiger partial charge in [-0.3, -0.25) is 9.55 Å². The standard InChI is InChI=1S/C13H11N5/c14-13-2-1-11(7-17-13)18-9-16-8-12(18)10-3-5-15-6-4-10/h1-9H,(H2,14,17). The van der Waals surface area contributed by atoms with E-state index < -0.39 is 0 Å². The molecule has 3 aromatic heterocycles. The first-order valence-electron chi connectivity index (χ1n) is 5.49. The Balaban J connectivity index is 2.10. The van der Waals surface area contributed by atoms with Crippen LogP contribution in [-0.4, -0.2) is 19.5 Å². The van der Waals surface area contributed by atoms with Gasteiger partial charge in [-0.1, -0.05) is 0 Å². The molecule has 3 rings (SSSR count). The summed E-state index contributed by atoms with van der Waals surface area (Å²) in [5.41, 5.74) is 8.55. The van der Waals surface area contributed by atoms with Crippen LogP contribution in [0.1, 0.15) is 0 Å². The topological polar surface area (TPSA) is 69.6 Å². The highest BCUT2D eigenvalue weighted by atomic mass is 15.1. The lowest BCUT2D eigenvalue weighted by atomic mass is 10.2. The molecule has 3 aromatic rings. The van der Waals surface area contributed by atoms with Crippen LogP contribution < -0.4 is 5.73 Å². The van der Waals surface area contributed by atoms with E-state index in [2.05, 4.69) is 15.0 Å². The van der Waals surface area contributed by atoms with Crippen molar-refractivity contribution in [2.24, 2.45) is 0 Å². The molecule has 0 radical (unpaired) electrons. The Kier molecular flexibility index (Phi) is 2.49. The Morgan fingerprint density at radius 2 is 1.78 bits per heavy atom. The summed E-state index contributed by atoms with van der Waals surface area (Å²) >= 11 is 0. The molecule has 0 amide bonds. The third-order valence-corrected chi connectivity index (χ3v) is 2.66. The van der Waals surface area contributed by atoms with Gasteiger partial charge in [0.05, 0.1) is 30.1 Å².